The minimum atomic E-state index is -0.904. The first kappa shape index (κ1) is 21.1. The number of aromatic nitrogens is 3. The molecule has 5 nitrogen and oxygen atoms in total. The van der Waals surface area contributed by atoms with E-state index in [2.05, 4.69) is 39.2 Å². The van der Waals surface area contributed by atoms with Crippen LogP contribution in [-0.4, -0.2) is 20.7 Å². The first-order valence-electron chi connectivity index (χ1n) is 11.5. The summed E-state index contributed by atoms with van der Waals surface area (Å²) in [5, 5.41) is 0. The molecule has 2 heterocycles. The van der Waals surface area contributed by atoms with Crippen molar-refractivity contribution in [3.8, 4) is 5.75 Å². The second-order valence-electron chi connectivity index (χ2n) is 8.62. The summed E-state index contributed by atoms with van der Waals surface area (Å²) < 4.78 is 6.79. The van der Waals surface area contributed by atoms with Crippen molar-refractivity contribution in [3.63, 3.8) is 0 Å². The largest absolute Gasteiger partial charge is 0.473 e. The topological polar surface area (TPSA) is 67.9 Å². The lowest BCUT2D eigenvalue weighted by molar-refractivity contribution is 0.0971. The number of aromatic amines is 1. The molecule has 166 valence electrons. The summed E-state index contributed by atoms with van der Waals surface area (Å²) in [6.07, 6.45) is 9.34. The van der Waals surface area contributed by atoms with Crippen LogP contribution >= 0.6 is 0 Å². The number of benzene rings is 2. The number of carbonyl (C=O) groups is 1. The average molecular weight is 438 g/mol. The summed E-state index contributed by atoms with van der Waals surface area (Å²) in [6.45, 7) is 1.99. The van der Waals surface area contributed by atoms with Crippen LogP contribution in [0.25, 0.3) is 0 Å². The van der Waals surface area contributed by atoms with E-state index in [0.717, 1.165) is 53.8 Å². The number of nitrogens with one attached hydrogen (secondary N) is 1. The van der Waals surface area contributed by atoms with E-state index in [9.17, 15) is 4.79 Å². The third kappa shape index (κ3) is 4.19. The van der Waals surface area contributed by atoms with Gasteiger partial charge in [-0.3, -0.25) is 9.78 Å². The molecule has 0 saturated carbocycles. The van der Waals surface area contributed by atoms with Crippen LogP contribution in [0.5, 0.6) is 5.75 Å². The van der Waals surface area contributed by atoms with Crippen molar-refractivity contribution in [2.45, 2.75) is 44.6 Å². The molecular formula is C28H27N3O2. The maximum absolute atomic E-state index is 12.7. The van der Waals surface area contributed by atoms with Crippen LogP contribution in [0.1, 0.15) is 58.3 Å². The molecule has 5 rings (SSSR count). The zero-order chi connectivity index (χ0) is 22.7. The van der Waals surface area contributed by atoms with Gasteiger partial charge in [0.2, 0.25) is 5.60 Å². The molecule has 1 aliphatic carbocycles. The standard InChI is InChI=1S/C28H27N3O2/c1-28(27-30-18-19-31-27,26-12-5-6-17-29-26)33-25-16-15-22-21(10-7-11-24(22)32)23(25)14-13-20-8-3-2-4-9-20/h2-6,8-9,12,15-19H,7,10-11,13-14H2,1H3,(H,30,31). The molecule has 0 saturated heterocycles. The average Bonchev–Trinajstić information content (AvgIpc) is 3.40. The predicted molar refractivity (Wildman–Crippen MR) is 127 cm³/mol. The van der Waals surface area contributed by atoms with E-state index in [4.69, 9.17) is 4.74 Å². The van der Waals surface area contributed by atoms with Crippen LogP contribution in [0.15, 0.2) is 79.3 Å². The summed E-state index contributed by atoms with van der Waals surface area (Å²) in [6, 6.07) is 20.1. The summed E-state index contributed by atoms with van der Waals surface area (Å²) >= 11 is 0. The Balaban J connectivity index is 1.58. The summed E-state index contributed by atoms with van der Waals surface area (Å²) in [4.78, 5) is 25.0. The molecular weight excluding hydrogens is 410 g/mol. The van der Waals surface area contributed by atoms with E-state index in [1.807, 2.05) is 43.3 Å². The van der Waals surface area contributed by atoms with Crippen LogP contribution in [0.3, 0.4) is 0 Å². The number of ketones is 1. The number of Topliss-reactive ketones (excluding diaryl/α,β-unsaturated/α-hetero) is 1. The number of fused-ring (bicyclic) bond motifs is 1. The van der Waals surface area contributed by atoms with Crippen LogP contribution in [0.4, 0.5) is 0 Å². The molecule has 0 spiro atoms. The normalized spacial score (nSPS) is 15.0. The Morgan fingerprint density at radius 3 is 2.55 bits per heavy atom. The lowest BCUT2D eigenvalue weighted by Crippen LogP contribution is -2.34. The Morgan fingerprint density at radius 1 is 0.939 bits per heavy atom. The highest BCUT2D eigenvalue weighted by atomic mass is 16.5. The fraction of sp³-hybridized carbons (Fsp3) is 0.250. The van der Waals surface area contributed by atoms with Crippen molar-refractivity contribution < 1.29 is 9.53 Å². The zero-order valence-corrected chi connectivity index (χ0v) is 18.8. The Morgan fingerprint density at radius 2 is 1.79 bits per heavy atom. The third-order valence-electron chi connectivity index (χ3n) is 6.44. The number of H-pyrrole nitrogens is 1. The van der Waals surface area contributed by atoms with Gasteiger partial charge < -0.3 is 9.72 Å². The van der Waals surface area contributed by atoms with Gasteiger partial charge in [0.15, 0.2) is 11.6 Å². The highest BCUT2D eigenvalue weighted by Gasteiger charge is 2.37. The number of hydrogen-bond donors (Lipinski definition) is 1. The Bertz CT molecular complexity index is 1240. The molecule has 1 N–H and O–H groups in total. The van der Waals surface area contributed by atoms with E-state index in [1.54, 1.807) is 18.6 Å². The molecule has 1 unspecified atom stereocenters. The van der Waals surface area contributed by atoms with Crippen molar-refractivity contribution in [2.24, 2.45) is 0 Å². The predicted octanol–water partition coefficient (Wildman–Crippen LogP) is 5.45. The molecule has 33 heavy (non-hydrogen) atoms. The van der Waals surface area contributed by atoms with Crippen molar-refractivity contribution in [1.29, 1.82) is 0 Å². The number of hydrogen-bond acceptors (Lipinski definition) is 4. The maximum Gasteiger partial charge on any atom is 0.205 e. The van der Waals surface area contributed by atoms with E-state index in [1.165, 1.54) is 5.56 Å². The van der Waals surface area contributed by atoms with Gasteiger partial charge in [-0.1, -0.05) is 36.4 Å². The van der Waals surface area contributed by atoms with Gasteiger partial charge in [-0.25, -0.2) is 4.98 Å². The van der Waals surface area contributed by atoms with Gasteiger partial charge in [-0.15, -0.1) is 0 Å². The minimum Gasteiger partial charge on any atom is -0.473 e. The van der Waals surface area contributed by atoms with Crippen molar-refractivity contribution in [2.75, 3.05) is 0 Å². The minimum absolute atomic E-state index is 0.224. The van der Waals surface area contributed by atoms with Gasteiger partial charge in [-0.05, 0) is 73.6 Å². The molecule has 2 aromatic carbocycles. The number of pyridine rings is 1. The molecule has 4 aromatic rings. The maximum atomic E-state index is 12.7. The van der Waals surface area contributed by atoms with E-state index >= 15 is 0 Å². The molecule has 2 aromatic heterocycles. The first-order chi connectivity index (χ1) is 16.1. The van der Waals surface area contributed by atoms with Crippen molar-refractivity contribution in [3.05, 3.63) is 113 Å². The summed E-state index contributed by atoms with van der Waals surface area (Å²) in [5.74, 6) is 1.69. The fourth-order valence-corrected chi connectivity index (χ4v) is 4.68. The lowest BCUT2D eigenvalue weighted by atomic mass is 9.85. The van der Waals surface area contributed by atoms with Gasteiger partial charge in [0.1, 0.15) is 5.75 Å². The summed E-state index contributed by atoms with van der Waals surface area (Å²) in [5.41, 5.74) is 4.21. The Labute approximate surface area is 193 Å². The van der Waals surface area contributed by atoms with Crippen molar-refractivity contribution in [1.82, 2.24) is 15.0 Å². The number of rotatable bonds is 7. The molecule has 0 radical (unpaired) electrons. The number of ether oxygens (including phenoxy) is 1. The molecule has 1 aliphatic rings. The molecule has 0 bridgehead atoms. The first-order valence-corrected chi connectivity index (χ1v) is 11.5. The smallest absolute Gasteiger partial charge is 0.205 e. The third-order valence-corrected chi connectivity index (χ3v) is 6.44. The Kier molecular flexibility index (Phi) is 5.78. The van der Waals surface area contributed by atoms with E-state index in [-0.39, 0.29) is 5.78 Å². The van der Waals surface area contributed by atoms with Gasteiger partial charge >= 0.3 is 0 Å². The number of aryl methyl sites for hydroxylation is 1. The second kappa shape index (κ2) is 9.02. The van der Waals surface area contributed by atoms with E-state index < -0.39 is 5.60 Å². The van der Waals surface area contributed by atoms with Gasteiger partial charge in [0, 0.05) is 30.6 Å². The highest BCUT2D eigenvalue weighted by molar-refractivity contribution is 5.99. The molecule has 0 aliphatic heterocycles. The summed E-state index contributed by atoms with van der Waals surface area (Å²) in [7, 11) is 0. The van der Waals surface area contributed by atoms with Crippen LogP contribution in [0, 0.1) is 0 Å². The van der Waals surface area contributed by atoms with Crippen LogP contribution in [0.2, 0.25) is 0 Å². The van der Waals surface area contributed by atoms with Gasteiger partial charge in [0.25, 0.3) is 0 Å². The number of imidazole rings is 1. The molecule has 0 fully saturated rings. The number of carbonyl (C=O) groups excluding carboxylic acids is 1. The van der Waals surface area contributed by atoms with Gasteiger partial charge in [-0.2, -0.15) is 0 Å². The van der Waals surface area contributed by atoms with Crippen LogP contribution < -0.4 is 4.74 Å². The quantitative estimate of drug-likeness (QED) is 0.417. The number of nitrogens with zero attached hydrogens (tertiary/aromatic N) is 2. The molecule has 5 heteroatoms. The van der Waals surface area contributed by atoms with Gasteiger partial charge in [0.05, 0.1) is 5.69 Å². The van der Waals surface area contributed by atoms with E-state index in [0.29, 0.717) is 12.2 Å². The zero-order valence-electron chi connectivity index (χ0n) is 18.8. The molecule has 1 atom stereocenters. The monoisotopic (exact) mass is 437 g/mol. The molecule has 0 amide bonds. The fourth-order valence-electron chi connectivity index (χ4n) is 4.68. The highest BCUT2D eigenvalue weighted by Crippen LogP contribution is 2.38. The van der Waals surface area contributed by atoms with Crippen LogP contribution in [-0.2, 0) is 24.9 Å². The van der Waals surface area contributed by atoms with Crippen molar-refractivity contribution >= 4 is 5.78 Å². The SMILES string of the molecule is CC(Oc1ccc2c(c1CCc1ccccc1)CCCC2=O)(c1ccccn1)c1ncc[nH]1. The lowest BCUT2D eigenvalue weighted by Gasteiger charge is -2.31. The Hall–Kier alpha value is -3.73. The second-order valence-corrected chi connectivity index (χ2v) is 8.62.